The van der Waals surface area contributed by atoms with Crippen molar-refractivity contribution >= 4 is 10.5 Å². The minimum atomic E-state index is 0.733. The summed E-state index contributed by atoms with van der Waals surface area (Å²) in [4.78, 5) is 0. The van der Waals surface area contributed by atoms with E-state index in [-0.39, 0.29) is 0 Å². The maximum atomic E-state index is 5.29. The van der Waals surface area contributed by atoms with E-state index in [1.807, 2.05) is 0 Å². The van der Waals surface area contributed by atoms with E-state index in [9.17, 15) is 0 Å². The third-order valence-corrected chi connectivity index (χ3v) is 1.68. The highest BCUT2D eigenvalue weighted by molar-refractivity contribution is 5.97. The fourth-order valence-electron chi connectivity index (χ4n) is 0.723. The van der Waals surface area contributed by atoms with Crippen molar-refractivity contribution in [1.29, 1.82) is 0 Å². The average molecular weight is 162 g/mol. The topological polar surface area (TPSA) is 47.3 Å². The van der Waals surface area contributed by atoms with E-state index in [1.54, 1.807) is 0 Å². The number of unbranched alkanes of at least 4 members (excludes halogenated alkanes) is 1. The first kappa shape index (κ1) is 10.1. The average Bonchev–Trinajstić information content (AvgIpc) is 1.97. The molecule has 3 N–H and O–H groups in total. The highest BCUT2D eigenvalue weighted by atomic mass is 28.2. The van der Waals surface area contributed by atoms with Crippen molar-refractivity contribution < 1.29 is 4.43 Å². The Hall–Kier alpha value is 0.0969. The summed E-state index contributed by atoms with van der Waals surface area (Å²) in [6.45, 7) is 3.66. The van der Waals surface area contributed by atoms with Crippen LogP contribution in [0.15, 0.2) is 0 Å². The number of hydrogen-bond donors (Lipinski definition) is 2. The van der Waals surface area contributed by atoms with Crippen LogP contribution in [0.5, 0.6) is 0 Å². The molecule has 0 aliphatic heterocycles. The van der Waals surface area contributed by atoms with Gasteiger partial charge in [0, 0.05) is 19.7 Å². The first-order valence-corrected chi connectivity index (χ1v) is 4.63. The summed E-state index contributed by atoms with van der Waals surface area (Å²) >= 11 is 0. The third kappa shape index (κ3) is 8.10. The van der Waals surface area contributed by atoms with Gasteiger partial charge in [-0.1, -0.05) is 0 Å². The van der Waals surface area contributed by atoms with Crippen LogP contribution >= 0.6 is 0 Å². The first-order valence-electron chi connectivity index (χ1n) is 3.81. The van der Waals surface area contributed by atoms with Gasteiger partial charge < -0.3 is 15.5 Å². The molecule has 0 amide bonds. The zero-order chi connectivity index (χ0) is 7.66. The van der Waals surface area contributed by atoms with Crippen LogP contribution in [0.1, 0.15) is 12.8 Å². The van der Waals surface area contributed by atoms with E-state index in [2.05, 4.69) is 5.32 Å². The van der Waals surface area contributed by atoms with Gasteiger partial charge in [0.25, 0.3) is 0 Å². The summed E-state index contributed by atoms with van der Waals surface area (Å²) in [6, 6.07) is 0. The molecule has 0 rings (SSSR count). The van der Waals surface area contributed by atoms with Gasteiger partial charge in [-0.2, -0.15) is 0 Å². The Morgan fingerprint density at radius 2 is 2.10 bits per heavy atom. The lowest BCUT2D eigenvalue weighted by Crippen LogP contribution is -2.23. The van der Waals surface area contributed by atoms with Gasteiger partial charge >= 0.3 is 0 Å². The minimum absolute atomic E-state index is 0.733. The molecule has 0 spiro atoms. The van der Waals surface area contributed by atoms with Crippen molar-refractivity contribution in [3.8, 4) is 0 Å². The Morgan fingerprint density at radius 1 is 1.30 bits per heavy atom. The summed E-state index contributed by atoms with van der Waals surface area (Å²) < 4.78 is 5.03. The molecular weight excluding hydrogens is 144 g/mol. The van der Waals surface area contributed by atoms with E-state index < -0.39 is 0 Å². The smallest absolute Gasteiger partial charge is 0.145 e. The van der Waals surface area contributed by atoms with Gasteiger partial charge in [-0.05, 0) is 19.4 Å². The van der Waals surface area contributed by atoms with Gasteiger partial charge in [0.2, 0.25) is 0 Å². The molecule has 0 atom stereocenters. The molecule has 4 heteroatoms. The van der Waals surface area contributed by atoms with Crippen molar-refractivity contribution in [3.63, 3.8) is 0 Å². The maximum absolute atomic E-state index is 5.29. The SMILES string of the molecule is NCCNCCCCO[SiH3]. The first-order chi connectivity index (χ1) is 4.91. The number of nitrogens with two attached hydrogens (primary N) is 1. The quantitative estimate of drug-likeness (QED) is 0.358. The van der Waals surface area contributed by atoms with Crippen LogP contribution in [-0.4, -0.2) is 36.7 Å². The van der Waals surface area contributed by atoms with Crippen molar-refractivity contribution in [2.75, 3.05) is 26.2 Å². The number of hydrogen-bond acceptors (Lipinski definition) is 3. The molecule has 0 radical (unpaired) electrons. The van der Waals surface area contributed by atoms with Crippen LogP contribution in [0.4, 0.5) is 0 Å². The molecule has 0 aromatic carbocycles. The molecule has 0 saturated heterocycles. The van der Waals surface area contributed by atoms with Gasteiger partial charge in [0.15, 0.2) is 0 Å². The number of nitrogens with one attached hydrogen (secondary N) is 1. The lowest BCUT2D eigenvalue weighted by molar-refractivity contribution is 0.335. The molecule has 0 aliphatic rings. The molecular formula is C6H18N2OSi. The molecule has 3 nitrogen and oxygen atoms in total. The summed E-state index contributed by atoms with van der Waals surface area (Å²) in [7, 11) is 0.868. The molecule has 0 aromatic heterocycles. The fraction of sp³-hybridized carbons (Fsp3) is 1.00. The van der Waals surface area contributed by atoms with Crippen LogP contribution < -0.4 is 11.1 Å². The van der Waals surface area contributed by atoms with Crippen LogP contribution in [0.3, 0.4) is 0 Å². The Morgan fingerprint density at radius 3 is 2.70 bits per heavy atom. The van der Waals surface area contributed by atoms with Gasteiger partial charge in [0.1, 0.15) is 10.5 Å². The Balaban J connectivity index is 2.65. The molecule has 0 unspecified atom stereocenters. The zero-order valence-electron chi connectivity index (χ0n) is 6.73. The summed E-state index contributed by atoms with van der Waals surface area (Å²) in [5.74, 6) is 0. The van der Waals surface area contributed by atoms with E-state index in [0.717, 1.165) is 36.7 Å². The molecule has 0 aliphatic carbocycles. The molecule has 0 saturated carbocycles. The molecule has 0 bridgehead atoms. The number of rotatable bonds is 7. The fourth-order valence-corrected chi connectivity index (χ4v) is 1.01. The van der Waals surface area contributed by atoms with E-state index >= 15 is 0 Å². The largest absolute Gasteiger partial charge is 0.428 e. The van der Waals surface area contributed by atoms with Crippen molar-refractivity contribution in [1.82, 2.24) is 5.32 Å². The maximum Gasteiger partial charge on any atom is 0.145 e. The second-order valence-corrected chi connectivity index (χ2v) is 2.82. The third-order valence-electron chi connectivity index (χ3n) is 1.27. The molecule has 0 aromatic rings. The van der Waals surface area contributed by atoms with Crippen molar-refractivity contribution in [3.05, 3.63) is 0 Å². The monoisotopic (exact) mass is 162 g/mol. The summed E-state index contributed by atoms with van der Waals surface area (Å²) in [5.41, 5.74) is 5.29. The van der Waals surface area contributed by atoms with Crippen LogP contribution in [0, 0.1) is 0 Å². The molecule has 0 heterocycles. The summed E-state index contributed by atoms with van der Waals surface area (Å²) in [6.07, 6.45) is 2.36. The Kier molecular flexibility index (Phi) is 9.19. The minimum Gasteiger partial charge on any atom is -0.428 e. The standard InChI is InChI=1S/C6H18N2OSi/c7-3-5-8-4-1-2-6-9-10/h8H,1-7H2,10H3. The highest BCUT2D eigenvalue weighted by Gasteiger charge is 1.85. The molecule has 62 valence electrons. The van der Waals surface area contributed by atoms with Crippen molar-refractivity contribution in [2.45, 2.75) is 12.8 Å². The van der Waals surface area contributed by atoms with E-state index in [1.165, 1.54) is 12.8 Å². The van der Waals surface area contributed by atoms with Gasteiger partial charge in [-0.15, -0.1) is 0 Å². The second-order valence-electron chi connectivity index (χ2n) is 2.24. The second kappa shape index (κ2) is 9.10. The van der Waals surface area contributed by atoms with Crippen LogP contribution in [0.2, 0.25) is 0 Å². The van der Waals surface area contributed by atoms with Gasteiger partial charge in [0.05, 0.1) is 0 Å². The normalized spacial score (nSPS) is 10.5. The van der Waals surface area contributed by atoms with E-state index in [0.29, 0.717) is 0 Å². The van der Waals surface area contributed by atoms with Crippen LogP contribution in [-0.2, 0) is 4.43 Å². The molecule has 10 heavy (non-hydrogen) atoms. The summed E-state index contributed by atoms with van der Waals surface area (Å²) in [5, 5.41) is 3.22. The van der Waals surface area contributed by atoms with E-state index in [4.69, 9.17) is 10.2 Å². The van der Waals surface area contributed by atoms with Gasteiger partial charge in [-0.3, -0.25) is 0 Å². The zero-order valence-corrected chi connectivity index (χ0v) is 8.73. The lowest BCUT2D eigenvalue weighted by Gasteiger charge is -2.01. The van der Waals surface area contributed by atoms with Crippen molar-refractivity contribution in [2.24, 2.45) is 5.73 Å². The predicted molar refractivity (Wildman–Crippen MR) is 47.0 cm³/mol. The lowest BCUT2D eigenvalue weighted by atomic mass is 10.3. The predicted octanol–water partition coefficient (Wildman–Crippen LogP) is -1.39. The molecule has 0 fully saturated rings. The Labute approximate surface area is 65.9 Å². The highest BCUT2D eigenvalue weighted by Crippen LogP contribution is 1.85. The Bertz CT molecular complexity index is 55.7. The van der Waals surface area contributed by atoms with Crippen LogP contribution in [0.25, 0.3) is 0 Å². The van der Waals surface area contributed by atoms with Gasteiger partial charge in [-0.25, -0.2) is 0 Å².